The molecule has 0 atom stereocenters. The molecule has 1 aliphatic heterocycles. The predicted octanol–water partition coefficient (Wildman–Crippen LogP) is 2.34. The predicted molar refractivity (Wildman–Crippen MR) is 81.7 cm³/mol. The molecule has 0 amide bonds. The summed E-state index contributed by atoms with van der Waals surface area (Å²) in [6.45, 7) is 3.78. The normalized spacial score (nSPS) is 14.6. The Morgan fingerprint density at radius 2 is 1.70 bits per heavy atom. The lowest BCUT2D eigenvalue weighted by molar-refractivity contribution is 0.333. The number of nitrogens with zero attached hydrogens (tertiary/aromatic N) is 1. The highest BCUT2D eigenvalue weighted by molar-refractivity contribution is 5.42. The smallest absolute Gasteiger partial charge is 0.160 e. The van der Waals surface area contributed by atoms with Crippen LogP contribution in [0.2, 0.25) is 0 Å². The van der Waals surface area contributed by atoms with Gasteiger partial charge in [-0.05, 0) is 63.0 Å². The molecule has 0 spiro atoms. The Morgan fingerprint density at radius 3 is 2.30 bits per heavy atom. The summed E-state index contributed by atoms with van der Waals surface area (Å²) in [5.74, 6) is 1.64. The number of methoxy groups -OCH3 is 2. The highest BCUT2D eigenvalue weighted by Gasteiger charge is 2.10. The van der Waals surface area contributed by atoms with Crippen LogP contribution in [0, 0.1) is 0 Å². The van der Waals surface area contributed by atoms with Gasteiger partial charge in [0.1, 0.15) is 0 Å². The van der Waals surface area contributed by atoms with E-state index in [0.29, 0.717) is 0 Å². The highest BCUT2D eigenvalue weighted by atomic mass is 16.5. The van der Waals surface area contributed by atoms with Gasteiger partial charge < -0.3 is 19.5 Å². The summed E-state index contributed by atoms with van der Waals surface area (Å²) in [5, 5.41) is 7.00. The summed E-state index contributed by atoms with van der Waals surface area (Å²) in [6, 6.07) is 6.21. The minimum absolute atomic E-state index is 0.806. The molecule has 0 radical (unpaired) electrons. The van der Waals surface area contributed by atoms with Gasteiger partial charge in [-0.2, -0.15) is 0 Å². The fraction of sp³-hybridized carbons (Fsp3) is 0.625. The van der Waals surface area contributed by atoms with Crippen LogP contribution in [0.25, 0.3) is 0 Å². The van der Waals surface area contributed by atoms with Gasteiger partial charge in [0.15, 0.2) is 11.5 Å². The van der Waals surface area contributed by atoms with Gasteiger partial charge >= 0.3 is 0 Å². The van der Waals surface area contributed by atoms with Gasteiger partial charge in [-0.25, -0.2) is 0 Å². The molecule has 0 bridgehead atoms. The average molecular weight is 281 g/mol. The summed E-state index contributed by atoms with van der Waals surface area (Å²) in [5.41, 5.74) is 1.33. The molecular formula is C16H27NO3. The van der Waals surface area contributed by atoms with E-state index in [9.17, 15) is 0 Å². The lowest BCUT2D eigenvalue weighted by Gasteiger charge is -2.14. The van der Waals surface area contributed by atoms with Crippen LogP contribution < -0.4 is 9.47 Å². The summed E-state index contributed by atoms with van der Waals surface area (Å²) in [6.07, 6.45) is 5.07. The van der Waals surface area contributed by atoms with Crippen LogP contribution in [0.4, 0.5) is 0 Å². The Hall–Kier alpha value is -1.26. The molecule has 0 saturated carbocycles. The standard InChI is InChI=1S/C15H23NO2.CH4O/c1-17-14-8-7-13(12-15(14)18-2)6-5-11-16-9-3-4-10-16;1-2/h7-8,12H,3-6,9-11H2,1-2H3;2H,1H3. The van der Waals surface area contributed by atoms with Gasteiger partial charge in [-0.3, -0.25) is 0 Å². The van der Waals surface area contributed by atoms with Crippen molar-refractivity contribution in [3.63, 3.8) is 0 Å². The maximum atomic E-state index is 7.00. The summed E-state index contributed by atoms with van der Waals surface area (Å²) < 4.78 is 10.6. The van der Waals surface area contributed by atoms with Gasteiger partial charge in [0.2, 0.25) is 0 Å². The topological polar surface area (TPSA) is 41.9 Å². The Morgan fingerprint density at radius 1 is 1.05 bits per heavy atom. The molecule has 114 valence electrons. The number of benzene rings is 1. The molecule has 4 nitrogen and oxygen atoms in total. The lowest BCUT2D eigenvalue weighted by atomic mass is 10.1. The molecule has 0 aliphatic carbocycles. The van der Waals surface area contributed by atoms with Crippen LogP contribution in [0.15, 0.2) is 18.2 Å². The van der Waals surface area contributed by atoms with Crippen molar-refractivity contribution in [3.05, 3.63) is 23.8 Å². The molecule has 1 saturated heterocycles. The fourth-order valence-corrected chi connectivity index (χ4v) is 2.55. The molecule has 0 unspecified atom stereocenters. The van der Waals surface area contributed by atoms with Crippen LogP contribution in [0.3, 0.4) is 0 Å². The van der Waals surface area contributed by atoms with E-state index in [1.165, 1.54) is 44.5 Å². The van der Waals surface area contributed by atoms with E-state index in [0.717, 1.165) is 25.0 Å². The number of hydrogen-bond donors (Lipinski definition) is 1. The number of likely N-dealkylation sites (tertiary alicyclic amines) is 1. The van der Waals surface area contributed by atoms with Gasteiger partial charge in [0.25, 0.3) is 0 Å². The molecule has 0 aromatic heterocycles. The van der Waals surface area contributed by atoms with Crippen molar-refractivity contribution in [1.29, 1.82) is 0 Å². The van der Waals surface area contributed by atoms with E-state index in [2.05, 4.69) is 17.0 Å². The minimum atomic E-state index is 0.806. The van der Waals surface area contributed by atoms with Crippen molar-refractivity contribution in [3.8, 4) is 11.5 Å². The van der Waals surface area contributed by atoms with E-state index < -0.39 is 0 Å². The molecular weight excluding hydrogens is 254 g/mol. The first-order chi connectivity index (χ1) is 9.83. The Balaban J connectivity index is 0.000000956. The van der Waals surface area contributed by atoms with Crippen molar-refractivity contribution in [1.82, 2.24) is 4.90 Å². The van der Waals surface area contributed by atoms with Crippen molar-refractivity contribution < 1.29 is 14.6 Å². The van der Waals surface area contributed by atoms with Crippen molar-refractivity contribution >= 4 is 0 Å². The van der Waals surface area contributed by atoms with E-state index >= 15 is 0 Å². The summed E-state index contributed by atoms with van der Waals surface area (Å²) in [7, 11) is 4.36. The second-order valence-electron chi connectivity index (χ2n) is 4.84. The first kappa shape index (κ1) is 16.8. The highest BCUT2D eigenvalue weighted by Crippen LogP contribution is 2.28. The largest absolute Gasteiger partial charge is 0.493 e. The third-order valence-electron chi connectivity index (χ3n) is 3.59. The van der Waals surface area contributed by atoms with Crippen LogP contribution in [-0.4, -0.2) is 51.0 Å². The quantitative estimate of drug-likeness (QED) is 0.869. The zero-order valence-electron chi connectivity index (χ0n) is 12.9. The number of ether oxygens (including phenoxy) is 2. The van der Waals surface area contributed by atoms with Gasteiger partial charge in [-0.15, -0.1) is 0 Å². The van der Waals surface area contributed by atoms with Crippen LogP contribution in [0.5, 0.6) is 11.5 Å². The molecule has 1 aromatic rings. The fourth-order valence-electron chi connectivity index (χ4n) is 2.55. The Kier molecular flexibility index (Phi) is 8.07. The number of hydrogen-bond acceptors (Lipinski definition) is 4. The van der Waals surface area contributed by atoms with Crippen LogP contribution in [-0.2, 0) is 6.42 Å². The number of aliphatic hydroxyl groups excluding tert-OH is 1. The lowest BCUT2D eigenvalue weighted by Crippen LogP contribution is -2.20. The second-order valence-corrected chi connectivity index (χ2v) is 4.84. The van der Waals surface area contributed by atoms with E-state index in [-0.39, 0.29) is 0 Å². The monoisotopic (exact) mass is 281 g/mol. The first-order valence-electron chi connectivity index (χ1n) is 7.21. The van der Waals surface area contributed by atoms with E-state index in [4.69, 9.17) is 14.6 Å². The molecule has 1 fully saturated rings. The van der Waals surface area contributed by atoms with Crippen molar-refractivity contribution in [2.24, 2.45) is 0 Å². The molecule has 1 N–H and O–H groups in total. The first-order valence-corrected chi connectivity index (χ1v) is 7.21. The summed E-state index contributed by atoms with van der Waals surface area (Å²) >= 11 is 0. The zero-order valence-corrected chi connectivity index (χ0v) is 12.9. The number of rotatable bonds is 6. The number of aryl methyl sites for hydroxylation is 1. The second kappa shape index (κ2) is 9.61. The third-order valence-corrected chi connectivity index (χ3v) is 3.59. The molecule has 1 aliphatic rings. The Bertz CT molecular complexity index is 376. The average Bonchev–Trinajstić information content (AvgIpc) is 3.02. The minimum Gasteiger partial charge on any atom is -0.493 e. The Labute approximate surface area is 122 Å². The maximum absolute atomic E-state index is 7.00. The van der Waals surface area contributed by atoms with Gasteiger partial charge in [0.05, 0.1) is 14.2 Å². The van der Waals surface area contributed by atoms with Gasteiger partial charge in [0, 0.05) is 7.11 Å². The van der Waals surface area contributed by atoms with Gasteiger partial charge in [-0.1, -0.05) is 6.07 Å². The van der Waals surface area contributed by atoms with Crippen LogP contribution in [0.1, 0.15) is 24.8 Å². The zero-order chi connectivity index (χ0) is 14.8. The molecule has 4 heteroatoms. The van der Waals surface area contributed by atoms with Crippen molar-refractivity contribution in [2.75, 3.05) is 41.0 Å². The number of aliphatic hydroxyl groups is 1. The molecule has 1 heterocycles. The van der Waals surface area contributed by atoms with Crippen LogP contribution >= 0.6 is 0 Å². The third kappa shape index (κ3) is 5.02. The molecule has 20 heavy (non-hydrogen) atoms. The van der Waals surface area contributed by atoms with E-state index in [1.54, 1.807) is 14.2 Å². The molecule has 2 rings (SSSR count). The van der Waals surface area contributed by atoms with E-state index in [1.807, 2.05) is 6.07 Å². The van der Waals surface area contributed by atoms with Crippen molar-refractivity contribution in [2.45, 2.75) is 25.7 Å². The SMILES string of the molecule is CO.COc1ccc(CCCN2CCCC2)cc1OC. The maximum Gasteiger partial charge on any atom is 0.160 e. The summed E-state index contributed by atoms with van der Waals surface area (Å²) in [4.78, 5) is 2.56. The molecule has 1 aromatic carbocycles.